The van der Waals surface area contributed by atoms with Crippen LogP contribution in [-0.4, -0.2) is 12.1 Å². The molecule has 2 heteroatoms. The minimum atomic E-state index is 0.00366. The molecule has 0 saturated heterocycles. The van der Waals surface area contributed by atoms with Gasteiger partial charge in [0.15, 0.2) is 12.1 Å². The smallest absolute Gasteiger partial charge is 0.160 e. The monoisotopic (exact) mass is 238 g/mol. The van der Waals surface area contributed by atoms with Crippen molar-refractivity contribution >= 4 is 12.1 Å². The second-order valence-corrected chi connectivity index (χ2v) is 4.31. The second kappa shape index (κ2) is 4.96. The van der Waals surface area contributed by atoms with E-state index in [9.17, 15) is 9.59 Å². The van der Waals surface area contributed by atoms with Crippen LogP contribution in [0.1, 0.15) is 33.2 Å². The van der Waals surface area contributed by atoms with Crippen molar-refractivity contribution in [3.05, 3.63) is 59.2 Å². The Morgan fingerprint density at radius 3 is 2.44 bits per heavy atom. The molecule has 0 radical (unpaired) electrons. The van der Waals surface area contributed by atoms with E-state index < -0.39 is 0 Å². The van der Waals surface area contributed by atoms with Crippen molar-refractivity contribution in [2.75, 3.05) is 0 Å². The summed E-state index contributed by atoms with van der Waals surface area (Å²) >= 11 is 0. The Balaban J connectivity index is 2.72. The molecule has 0 aliphatic rings. The van der Waals surface area contributed by atoms with Crippen molar-refractivity contribution in [2.24, 2.45) is 0 Å². The average molecular weight is 238 g/mol. The molecule has 2 aromatic rings. The zero-order chi connectivity index (χ0) is 13.1. The van der Waals surface area contributed by atoms with Gasteiger partial charge in [-0.1, -0.05) is 48.0 Å². The van der Waals surface area contributed by atoms with Gasteiger partial charge in [0.25, 0.3) is 0 Å². The quantitative estimate of drug-likeness (QED) is 0.604. The highest BCUT2D eigenvalue weighted by Crippen LogP contribution is 2.27. The summed E-state index contributed by atoms with van der Waals surface area (Å²) in [4.78, 5) is 22.7. The fourth-order valence-electron chi connectivity index (χ4n) is 2.03. The van der Waals surface area contributed by atoms with Crippen LogP contribution in [0.15, 0.2) is 42.5 Å². The van der Waals surface area contributed by atoms with Crippen LogP contribution in [0.2, 0.25) is 0 Å². The van der Waals surface area contributed by atoms with E-state index in [0.717, 1.165) is 23.0 Å². The largest absolute Gasteiger partial charge is 0.298 e. The van der Waals surface area contributed by atoms with Crippen LogP contribution in [0.3, 0.4) is 0 Å². The molecule has 2 rings (SSSR count). The summed E-state index contributed by atoms with van der Waals surface area (Å²) in [5.74, 6) is 0.00366. The number of hydrogen-bond acceptors (Lipinski definition) is 2. The van der Waals surface area contributed by atoms with E-state index in [1.54, 1.807) is 12.1 Å². The lowest BCUT2D eigenvalue weighted by Gasteiger charge is -2.10. The van der Waals surface area contributed by atoms with Crippen molar-refractivity contribution in [3.63, 3.8) is 0 Å². The van der Waals surface area contributed by atoms with Gasteiger partial charge in [-0.25, -0.2) is 0 Å². The molecule has 18 heavy (non-hydrogen) atoms. The standard InChI is InChI=1S/C16H14O2/c1-11-7-8-13(10-17)16(9-11)15-6-4-3-5-14(15)12(2)18/h3-10H,1-2H3. The molecule has 0 saturated carbocycles. The Hall–Kier alpha value is -2.22. The van der Waals surface area contributed by atoms with E-state index in [4.69, 9.17) is 0 Å². The SMILES string of the molecule is CC(=O)c1ccccc1-c1cc(C)ccc1C=O. The Morgan fingerprint density at radius 2 is 1.78 bits per heavy atom. The van der Waals surface area contributed by atoms with Crippen LogP contribution in [0.25, 0.3) is 11.1 Å². The van der Waals surface area contributed by atoms with Gasteiger partial charge in [0, 0.05) is 11.1 Å². The van der Waals surface area contributed by atoms with Crippen molar-refractivity contribution in [1.82, 2.24) is 0 Å². The number of Topliss-reactive ketones (excluding diaryl/α,β-unsaturated/α-hetero) is 1. The van der Waals surface area contributed by atoms with Gasteiger partial charge >= 0.3 is 0 Å². The van der Waals surface area contributed by atoms with E-state index in [1.165, 1.54) is 6.92 Å². The van der Waals surface area contributed by atoms with Crippen molar-refractivity contribution in [3.8, 4) is 11.1 Å². The molecule has 2 nitrogen and oxygen atoms in total. The molecule has 0 amide bonds. The molecule has 0 heterocycles. The molecule has 0 bridgehead atoms. The first-order chi connectivity index (χ1) is 8.63. The Morgan fingerprint density at radius 1 is 1.06 bits per heavy atom. The number of aryl methyl sites for hydroxylation is 1. The van der Waals surface area contributed by atoms with Crippen LogP contribution in [0.4, 0.5) is 0 Å². The Labute approximate surface area is 106 Å². The summed E-state index contributed by atoms with van der Waals surface area (Å²) in [6, 6.07) is 13.0. The minimum absolute atomic E-state index is 0.00366. The third kappa shape index (κ3) is 2.23. The summed E-state index contributed by atoms with van der Waals surface area (Å²) in [6.07, 6.45) is 0.825. The molecule has 0 unspecified atom stereocenters. The van der Waals surface area contributed by atoms with Gasteiger partial charge in [0.1, 0.15) is 0 Å². The van der Waals surface area contributed by atoms with Crippen molar-refractivity contribution in [2.45, 2.75) is 13.8 Å². The molecule has 90 valence electrons. The summed E-state index contributed by atoms with van der Waals surface area (Å²) in [6.45, 7) is 3.50. The highest BCUT2D eigenvalue weighted by Gasteiger charge is 2.11. The molecule has 2 aromatic carbocycles. The normalized spacial score (nSPS) is 10.1. The summed E-state index contributed by atoms with van der Waals surface area (Å²) in [5.41, 5.74) is 3.95. The van der Waals surface area contributed by atoms with Crippen LogP contribution in [0.5, 0.6) is 0 Å². The highest BCUT2D eigenvalue weighted by molar-refractivity contribution is 6.02. The van der Waals surface area contributed by atoms with Gasteiger partial charge in [-0.15, -0.1) is 0 Å². The third-order valence-electron chi connectivity index (χ3n) is 2.93. The summed E-state index contributed by atoms with van der Waals surface area (Å²) < 4.78 is 0. The zero-order valence-corrected chi connectivity index (χ0v) is 10.4. The van der Waals surface area contributed by atoms with Crippen molar-refractivity contribution < 1.29 is 9.59 Å². The van der Waals surface area contributed by atoms with Crippen molar-refractivity contribution in [1.29, 1.82) is 0 Å². The lowest BCUT2D eigenvalue weighted by atomic mass is 9.93. The number of hydrogen-bond donors (Lipinski definition) is 0. The maximum Gasteiger partial charge on any atom is 0.160 e. The first kappa shape index (κ1) is 12.2. The van der Waals surface area contributed by atoms with E-state index in [-0.39, 0.29) is 5.78 Å². The maximum absolute atomic E-state index is 11.6. The molecule has 0 N–H and O–H groups in total. The first-order valence-electron chi connectivity index (χ1n) is 5.79. The summed E-state index contributed by atoms with van der Waals surface area (Å²) in [5, 5.41) is 0. The van der Waals surface area contributed by atoms with Gasteiger partial charge < -0.3 is 0 Å². The van der Waals surface area contributed by atoms with Crippen LogP contribution < -0.4 is 0 Å². The fraction of sp³-hybridized carbons (Fsp3) is 0.125. The zero-order valence-electron chi connectivity index (χ0n) is 10.4. The predicted molar refractivity (Wildman–Crippen MR) is 72.0 cm³/mol. The average Bonchev–Trinajstić information content (AvgIpc) is 2.38. The van der Waals surface area contributed by atoms with E-state index in [1.807, 2.05) is 37.3 Å². The molecule has 0 aliphatic heterocycles. The predicted octanol–water partition coefficient (Wildman–Crippen LogP) is 3.68. The Kier molecular flexibility index (Phi) is 3.38. The van der Waals surface area contributed by atoms with E-state index >= 15 is 0 Å². The van der Waals surface area contributed by atoms with E-state index in [2.05, 4.69) is 0 Å². The minimum Gasteiger partial charge on any atom is -0.298 e. The highest BCUT2D eigenvalue weighted by atomic mass is 16.1. The van der Waals surface area contributed by atoms with Gasteiger partial charge in [-0.05, 0) is 25.0 Å². The molecule has 0 fully saturated rings. The molecule has 0 atom stereocenters. The topological polar surface area (TPSA) is 34.1 Å². The first-order valence-corrected chi connectivity index (χ1v) is 5.79. The number of ketones is 1. The van der Waals surface area contributed by atoms with Crippen LogP contribution in [-0.2, 0) is 0 Å². The molecule has 0 aliphatic carbocycles. The summed E-state index contributed by atoms with van der Waals surface area (Å²) in [7, 11) is 0. The number of carbonyl (C=O) groups is 2. The second-order valence-electron chi connectivity index (χ2n) is 4.31. The molecular weight excluding hydrogens is 224 g/mol. The van der Waals surface area contributed by atoms with Crippen LogP contribution in [0, 0.1) is 6.92 Å². The number of carbonyl (C=O) groups excluding carboxylic acids is 2. The van der Waals surface area contributed by atoms with Gasteiger partial charge in [-0.2, -0.15) is 0 Å². The number of rotatable bonds is 3. The third-order valence-corrected chi connectivity index (χ3v) is 2.93. The lowest BCUT2D eigenvalue weighted by molar-refractivity contribution is 0.101. The van der Waals surface area contributed by atoms with Gasteiger partial charge in [-0.3, -0.25) is 9.59 Å². The van der Waals surface area contributed by atoms with Gasteiger partial charge in [0.2, 0.25) is 0 Å². The molecular formula is C16H14O2. The fourth-order valence-corrected chi connectivity index (χ4v) is 2.03. The number of aldehydes is 1. The number of benzene rings is 2. The maximum atomic E-state index is 11.6. The molecule has 0 aromatic heterocycles. The molecule has 0 spiro atoms. The van der Waals surface area contributed by atoms with E-state index in [0.29, 0.717) is 11.1 Å². The Bertz CT molecular complexity index is 612. The van der Waals surface area contributed by atoms with Crippen LogP contribution >= 0.6 is 0 Å². The lowest BCUT2D eigenvalue weighted by Crippen LogP contribution is -1.98. The van der Waals surface area contributed by atoms with Gasteiger partial charge in [0.05, 0.1) is 0 Å².